The number of rotatable bonds is 5. The second-order valence-corrected chi connectivity index (χ2v) is 2.32. The number of carboxylic acid groups (broad SMARTS) is 2. The molecule has 0 amide bonds. The van der Waals surface area contributed by atoms with E-state index in [1.54, 1.807) is 0 Å². The van der Waals surface area contributed by atoms with Crippen molar-refractivity contribution in [2.24, 2.45) is 5.73 Å². The Labute approximate surface area is 80.8 Å². The van der Waals surface area contributed by atoms with E-state index in [4.69, 9.17) is 26.2 Å². The van der Waals surface area contributed by atoms with E-state index < -0.39 is 18.0 Å². The summed E-state index contributed by atoms with van der Waals surface area (Å²) in [4.78, 5) is 19.9. The Morgan fingerprint density at radius 3 is 1.79 bits per heavy atom. The lowest BCUT2D eigenvalue weighted by Crippen LogP contribution is -2.30. The van der Waals surface area contributed by atoms with Gasteiger partial charge in [-0.05, 0) is 6.42 Å². The minimum Gasteiger partial charge on any atom is -0.481 e. The van der Waals surface area contributed by atoms with Crippen molar-refractivity contribution in [2.45, 2.75) is 18.9 Å². The van der Waals surface area contributed by atoms with E-state index in [0.717, 1.165) is 0 Å². The van der Waals surface area contributed by atoms with E-state index >= 15 is 0 Å². The summed E-state index contributed by atoms with van der Waals surface area (Å²) in [6.07, 6.45) is -0.224. The van der Waals surface area contributed by atoms with E-state index in [9.17, 15) is 9.59 Å². The summed E-state index contributed by atoms with van der Waals surface area (Å²) >= 11 is 0. The fourth-order valence-corrected chi connectivity index (χ4v) is 0.402. The Morgan fingerprint density at radius 1 is 1.14 bits per heavy atom. The highest BCUT2D eigenvalue weighted by molar-refractivity contribution is 5.74. The molecule has 0 aliphatic heterocycles. The molecule has 14 heavy (non-hydrogen) atoms. The molecule has 0 saturated carbocycles. The van der Waals surface area contributed by atoms with Gasteiger partial charge in [0, 0.05) is 6.42 Å². The monoisotopic (exact) mass is 209 g/mol. The highest BCUT2D eigenvalue weighted by atomic mass is 16.4. The number of hydrogen-bond acceptors (Lipinski definition) is 5. The van der Waals surface area contributed by atoms with E-state index in [2.05, 4.69) is 0 Å². The Kier molecular flexibility index (Phi) is 10.8. The molecule has 0 heterocycles. The molecule has 0 aliphatic carbocycles. The molecule has 0 fully saturated rings. The van der Waals surface area contributed by atoms with Gasteiger partial charge in [-0.15, -0.1) is 0 Å². The number of hydrogen-bond donors (Lipinski definition) is 5. The molecule has 0 saturated heterocycles. The standard InChI is InChI=1S/C5H9NO4.C2H6O2/c6-3(5(9)10)1-2-4(7)8;3-1-2-4/h3H,1-2,6H2,(H,7,8)(H,9,10);3-4H,1-2H2/t3-;/m0./s1. The average Bonchev–Trinajstić information content (AvgIpc) is 2.14. The molecule has 0 unspecified atom stereocenters. The normalized spacial score (nSPS) is 11.1. The second kappa shape index (κ2) is 9.90. The predicted octanol–water partition coefficient (Wildman–Crippen LogP) is -1.77. The number of aliphatic hydroxyl groups excluding tert-OH is 2. The average molecular weight is 209 g/mol. The van der Waals surface area contributed by atoms with Crippen LogP contribution in [0, 0.1) is 0 Å². The number of aliphatic carboxylic acids is 2. The highest BCUT2D eigenvalue weighted by Crippen LogP contribution is 1.93. The van der Waals surface area contributed by atoms with Crippen molar-refractivity contribution in [3.8, 4) is 0 Å². The summed E-state index contributed by atoms with van der Waals surface area (Å²) in [5, 5.41) is 31.5. The van der Waals surface area contributed by atoms with Crippen molar-refractivity contribution >= 4 is 11.9 Å². The molecule has 6 N–H and O–H groups in total. The van der Waals surface area contributed by atoms with Crippen molar-refractivity contribution in [3.63, 3.8) is 0 Å². The molecule has 7 heteroatoms. The quantitative estimate of drug-likeness (QED) is 0.361. The smallest absolute Gasteiger partial charge is 0.320 e. The third kappa shape index (κ3) is 13.4. The second-order valence-electron chi connectivity index (χ2n) is 2.32. The molecule has 1 atom stereocenters. The van der Waals surface area contributed by atoms with Gasteiger partial charge in [0.1, 0.15) is 6.04 Å². The Morgan fingerprint density at radius 2 is 1.57 bits per heavy atom. The van der Waals surface area contributed by atoms with Crippen LogP contribution < -0.4 is 5.73 Å². The van der Waals surface area contributed by atoms with Gasteiger partial charge in [-0.2, -0.15) is 0 Å². The Bertz CT molecular complexity index is 170. The van der Waals surface area contributed by atoms with E-state index in [1.807, 2.05) is 0 Å². The lowest BCUT2D eigenvalue weighted by molar-refractivity contribution is -0.139. The fraction of sp³-hybridized carbons (Fsp3) is 0.714. The van der Waals surface area contributed by atoms with Gasteiger partial charge in [0.15, 0.2) is 0 Å². The van der Waals surface area contributed by atoms with Crippen LogP contribution >= 0.6 is 0 Å². The third-order valence-corrected chi connectivity index (χ3v) is 1.09. The van der Waals surface area contributed by atoms with Gasteiger partial charge in [-0.3, -0.25) is 9.59 Å². The molecule has 0 aromatic heterocycles. The van der Waals surface area contributed by atoms with Crippen LogP contribution in [-0.4, -0.2) is 51.6 Å². The van der Waals surface area contributed by atoms with Gasteiger partial charge in [-0.25, -0.2) is 0 Å². The molecule has 0 spiro atoms. The summed E-state index contributed by atoms with van der Waals surface area (Å²) in [5.74, 6) is -2.20. The maximum Gasteiger partial charge on any atom is 0.320 e. The zero-order valence-corrected chi connectivity index (χ0v) is 7.59. The van der Waals surface area contributed by atoms with Crippen LogP contribution in [0.15, 0.2) is 0 Å². The summed E-state index contributed by atoms with van der Waals surface area (Å²) in [6.45, 7) is -0.250. The van der Waals surface area contributed by atoms with Gasteiger partial charge in [0.25, 0.3) is 0 Å². The Hall–Kier alpha value is -1.18. The third-order valence-electron chi connectivity index (χ3n) is 1.09. The zero-order chi connectivity index (χ0) is 11.6. The summed E-state index contributed by atoms with van der Waals surface area (Å²) in [7, 11) is 0. The van der Waals surface area contributed by atoms with Crippen molar-refractivity contribution in [1.82, 2.24) is 0 Å². The first-order valence-corrected chi connectivity index (χ1v) is 3.87. The van der Waals surface area contributed by atoms with Gasteiger partial charge in [-0.1, -0.05) is 0 Å². The molecule has 7 nitrogen and oxygen atoms in total. The van der Waals surface area contributed by atoms with Crippen LogP contribution in [0.1, 0.15) is 12.8 Å². The topological polar surface area (TPSA) is 141 Å². The lowest BCUT2D eigenvalue weighted by atomic mass is 10.2. The van der Waals surface area contributed by atoms with Crippen LogP contribution in [0.25, 0.3) is 0 Å². The fourth-order valence-electron chi connectivity index (χ4n) is 0.402. The van der Waals surface area contributed by atoms with Crippen molar-refractivity contribution < 1.29 is 30.0 Å². The first-order valence-electron chi connectivity index (χ1n) is 3.87. The van der Waals surface area contributed by atoms with Crippen molar-refractivity contribution in [1.29, 1.82) is 0 Å². The van der Waals surface area contributed by atoms with Crippen molar-refractivity contribution in [2.75, 3.05) is 13.2 Å². The first kappa shape index (κ1) is 15.3. The maximum atomic E-state index is 9.99. The maximum absolute atomic E-state index is 9.99. The van der Waals surface area contributed by atoms with Crippen LogP contribution in [-0.2, 0) is 9.59 Å². The van der Waals surface area contributed by atoms with E-state index in [0.29, 0.717) is 0 Å². The zero-order valence-electron chi connectivity index (χ0n) is 7.59. The van der Waals surface area contributed by atoms with Crippen LogP contribution in [0.2, 0.25) is 0 Å². The number of carboxylic acids is 2. The SMILES string of the molecule is N[C@@H](CCC(=O)O)C(=O)O.OCCO. The van der Waals surface area contributed by atoms with E-state index in [1.165, 1.54) is 0 Å². The molecular weight excluding hydrogens is 194 g/mol. The summed E-state index contributed by atoms with van der Waals surface area (Å²) in [6, 6.07) is -1.06. The molecule has 0 aliphatic rings. The van der Waals surface area contributed by atoms with Gasteiger partial charge >= 0.3 is 11.9 Å². The lowest BCUT2D eigenvalue weighted by Gasteiger charge is -2.01. The summed E-state index contributed by atoms with van der Waals surface area (Å²) in [5.41, 5.74) is 5.00. The van der Waals surface area contributed by atoms with Gasteiger partial charge < -0.3 is 26.2 Å². The molecule has 84 valence electrons. The molecular formula is C7H15NO6. The summed E-state index contributed by atoms with van der Waals surface area (Å²) < 4.78 is 0. The minimum absolute atomic E-state index is 0.0231. The number of nitrogens with two attached hydrogens (primary N) is 1. The predicted molar refractivity (Wildman–Crippen MR) is 46.7 cm³/mol. The molecule has 0 rings (SSSR count). The van der Waals surface area contributed by atoms with Crippen LogP contribution in [0.3, 0.4) is 0 Å². The minimum atomic E-state index is -1.17. The molecule has 0 bridgehead atoms. The van der Waals surface area contributed by atoms with Gasteiger partial charge in [0.2, 0.25) is 0 Å². The van der Waals surface area contributed by atoms with E-state index in [-0.39, 0.29) is 26.1 Å². The van der Waals surface area contributed by atoms with Crippen LogP contribution in [0.4, 0.5) is 0 Å². The first-order chi connectivity index (χ1) is 6.45. The Balaban J connectivity index is 0. The molecule has 0 aromatic carbocycles. The molecule has 0 radical (unpaired) electrons. The van der Waals surface area contributed by atoms with Crippen molar-refractivity contribution in [3.05, 3.63) is 0 Å². The highest BCUT2D eigenvalue weighted by Gasteiger charge is 2.12. The largest absolute Gasteiger partial charge is 0.481 e. The number of carbonyl (C=O) groups is 2. The number of aliphatic hydroxyl groups is 2. The van der Waals surface area contributed by atoms with Crippen LogP contribution in [0.5, 0.6) is 0 Å². The molecule has 0 aromatic rings. The van der Waals surface area contributed by atoms with Gasteiger partial charge in [0.05, 0.1) is 13.2 Å².